The van der Waals surface area contributed by atoms with Crippen LogP contribution in [0.2, 0.25) is 0 Å². The molecule has 0 aliphatic heterocycles. The molecular weight excluding hydrogens is 208 g/mol. The van der Waals surface area contributed by atoms with Crippen LogP contribution < -0.4 is 5.73 Å². The van der Waals surface area contributed by atoms with Crippen molar-refractivity contribution in [1.82, 2.24) is 4.90 Å². The number of anilines is 1. The molecule has 2 heteroatoms. The first-order valence-electron chi connectivity index (χ1n) is 6.37. The van der Waals surface area contributed by atoms with Crippen LogP contribution in [-0.4, -0.2) is 25.0 Å². The van der Waals surface area contributed by atoms with Gasteiger partial charge in [-0.25, -0.2) is 0 Å². The molecule has 2 nitrogen and oxygen atoms in total. The molecule has 0 amide bonds. The molecular formula is C15H24N2. The molecule has 0 radical (unpaired) electrons. The van der Waals surface area contributed by atoms with Gasteiger partial charge < -0.3 is 10.6 Å². The summed E-state index contributed by atoms with van der Waals surface area (Å²) in [6.45, 7) is 6.02. The summed E-state index contributed by atoms with van der Waals surface area (Å²) in [7, 11) is 2.18. The number of rotatable bonds is 8. The number of hydrogen-bond donors (Lipinski definition) is 1. The van der Waals surface area contributed by atoms with Crippen molar-refractivity contribution in [2.75, 3.05) is 25.9 Å². The fourth-order valence-corrected chi connectivity index (χ4v) is 1.92. The Morgan fingerprint density at radius 1 is 1.24 bits per heavy atom. The lowest BCUT2D eigenvalue weighted by molar-refractivity contribution is 0.326. The lowest BCUT2D eigenvalue weighted by Gasteiger charge is -2.16. The first kappa shape index (κ1) is 13.8. The largest absolute Gasteiger partial charge is 0.399 e. The summed E-state index contributed by atoms with van der Waals surface area (Å²) in [5, 5.41) is 0. The number of nitrogens with zero attached hydrogens (tertiary/aromatic N) is 1. The van der Waals surface area contributed by atoms with E-state index in [1.807, 2.05) is 18.2 Å². The molecule has 1 aromatic carbocycles. The van der Waals surface area contributed by atoms with Gasteiger partial charge >= 0.3 is 0 Å². The highest BCUT2D eigenvalue weighted by atomic mass is 15.1. The van der Waals surface area contributed by atoms with Gasteiger partial charge in [0, 0.05) is 5.69 Å². The standard InChI is InChI=1S/C15H24N2/c1-3-4-7-12-17(2)13-8-10-14-9-5-6-11-15(14)16/h3,5-6,9,11H,1,4,7-8,10,12-13,16H2,2H3. The normalized spacial score (nSPS) is 10.7. The van der Waals surface area contributed by atoms with E-state index >= 15 is 0 Å². The Hall–Kier alpha value is -1.28. The monoisotopic (exact) mass is 232 g/mol. The molecule has 0 heterocycles. The average Bonchev–Trinajstić information content (AvgIpc) is 2.32. The fourth-order valence-electron chi connectivity index (χ4n) is 1.92. The lowest BCUT2D eigenvalue weighted by atomic mass is 10.1. The zero-order valence-electron chi connectivity index (χ0n) is 10.9. The maximum absolute atomic E-state index is 5.91. The number of hydrogen-bond acceptors (Lipinski definition) is 2. The second-order valence-electron chi connectivity index (χ2n) is 4.54. The number of para-hydroxylation sites is 1. The first-order chi connectivity index (χ1) is 8.24. The Bertz CT molecular complexity index is 333. The van der Waals surface area contributed by atoms with Gasteiger partial charge in [0.25, 0.3) is 0 Å². The topological polar surface area (TPSA) is 29.3 Å². The first-order valence-corrected chi connectivity index (χ1v) is 6.37. The molecule has 17 heavy (non-hydrogen) atoms. The highest BCUT2D eigenvalue weighted by Crippen LogP contribution is 2.12. The minimum Gasteiger partial charge on any atom is -0.399 e. The summed E-state index contributed by atoms with van der Waals surface area (Å²) in [6, 6.07) is 8.13. The van der Waals surface area contributed by atoms with E-state index in [0.717, 1.165) is 31.6 Å². The third-order valence-corrected chi connectivity index (χ3v) is 2.99. The number of unbranched alkanes of at least 4 members (excludes halogenated alkanes) is 1. The van der Waals surface area contributed by atoms with E-state index in [1.165, 1.54) is 18.4 Å². The Morgan fingerprint density at radius 2 is 1.94 bits per heavy atom. The van der Waals surface area contributed by atoms with Crippen molar-refractivity contribution in [2.45, 2.75) is 25.7 Å². The molecule has 1 rings (SSSR count). The minimum atomic E-state index is 0.918. The van der Waals surface area contributed by atoms with Crippen molar-refractivity contribution >= 4 is 5.69 Å². The average molecular weight is 232 g/mol. The van der Waals surface area contributed by atoms with Crippen molar-refractivity contribution in [1.29, 1.82) is 0 Å². The van der Waals surface area contributed by atoms with E-state index in [-0.39, 0.29) is 0 Å². The van der Waals surface area contributed by atoms with Gasteiger partial charge in [0.15, 0.2) is 0 Å². The van der Waals surface area contributed by atoms with Crippen LogP contribution in [0, 0.1) is 0 Å². The van der Waals surface area contributed by atoms with Crippen molar-refractivity contribution in [2.24, 2.45) is 0 Å². The lowest BCUT2D eigenvalue weighted by Crippen LogP contribution is -2.21. The highest BCUT2D eigenvalue weighted by molar-refractivity contribution is 5.46. The smallest absolute Gasteiger partial charge is 0.0346 e. The predicted octanol–water partition coefficient (Wildman–Crippen LogP) is 3.10. The van der Waals surface area contributed by atoms with E-state index in [0.29, 0.717) is 0 Å². The van der Waals surface area contributed by atoms with Crippen LogP contribution in [0.4, 0.5) is 5.69 Å². The zero-order valence-corrected chi connectivity index (χ0v) is 10.9. The molecule has 0 fully saturated rings. The summed E-state index contributed by atoms with van der Waals surface area (Å²) in [6.07, 6.45) is 6.53. The number of nitrogen functional groups attached to an aromatic ring is 1. The molecule has 0 aromatic heterocycles. The molecule has 94 valence electrons. The summed E-state index contributed by atoms with van der Waals surface area (Å²) in [5.41, 5.74) is 8.10. The molecule has 0 bridgehead atoms. The van der Waals surface area contributed by atoms with E-state index in [9.17, 15) is 0 Å². The molecule has 0 atom stereocenters. The number of nitrogens with two attached hydrogens (primary N) is 1. The van der Waals surface area contributed by atoms with Crippen LogP contribution >= 0.6 is 0 Å². The summed E-state index contributed by atoms with van der Waals surface area (Å²) in [5.74, 6) is 0. The van der Waals surface area contributed by atoms with E-state index in [4.69, 9.17) is 5.73 Å². The van der Waals surface area contributed by atoms with Gasteiger partial charge in [-0.2, -0.15) is 0 Å². The van der Waals surface area contributed by atoms with E-state index < -0.39 is 0 Å². The summed E-state index contributed by atoms with van der Waals surface area (Å²) in [4.78, 5) is 2.38. The van der Waals surface area contributed by atoms with Crippen LogP contribution in [0.5, 0.6) is 0 Å². The predicted molar refractivity (Wildman–Crippen MR) is 76.1 cm³/mol. The number of allylic oxidation sites excluding steroid dienone is 1. The summed E-state index contributed by atoms with van der Waals surface area (Å²) < 4.78 is 0. The van der Waals surface area contributed by atoms with Crippen LogP contribution in [0.1, 0.15) is 24.8 Å². The third-order valence-electron chi connectivity index (χ3n) is 2.99. The minimum absolute atomic E-state index is 0.918. The molecule has 0 aliphatic rings. The molecule has 0 spiro atoms. The molecule has 0 aliphatic carbocycles. The van der Waals surface area contributed by atoms with Crippen LogP contribution in [-0.2, 0) is 6.42 Å². The second kappa shape index (κ2) is 7.91. The highest BCUT2D eigenvalue weighted by Gasteiger charge is 2.00. The Labute approximate surface area is 105 Å². The van der Waals surface area contributed by atoms with Gasteiger partial charge in [0.05, 0.1) is 0 Å². The molecule has 0 saturated heterocycles. The molecule has 0 saturated carbocycles. The quantitative estimate of drug-likeness (QED) is 0.424. The Kier molecular flexibility index (Phi) is 6.41. The van der Waals surface area contributed by atoms with Crippen molar-refractivity contribution < 1.29 is 0 Å². The number of benzene rings is 1. The van der Waals surface area contributed by atoms with Crippen LogP contribution in [0.3, 0.4) is 0 Å². The molecule has 2 N–H and O–H groups in total. The summed E-state index contributed by atoms with van der Waals surface area (Å²) >= 11 is 0. The van der Waals surface area contributed by atoms with Gasteiger partial charge in [-0.1, -0.05) is 24.3 Å². The Balaban J connectivity index is 2.19. The van der Waals surface area contributed by atoms with Gasteiger partial charge in [0.2, 0.25) is 0 Å². The van der Waals surface area contributed by atoms with E-state index in [1.54, 1.807) is 0 Å². The maximum Gasteiger partial charge on any atom is 0.0346 e. The second-order valence-corrected chi connectivity index (χ2v) is 4.54. The van der Waals surface area contributed by atoms with Crippen LogP contribution in [0.15, 0.2) is 36.9 Å². The van der Waals surface area contributed by atoms with Crippen molar-refractivity contribution in [3.63, 3.8) is 0 Å². The zero-order chi connectivity index (χ0) is 12.5. The van der Waals surface area contributed by atoms with E-state index in [2.05, 4.69) is 30.7 Å². The maximum atomic E-state index is 5.91. The fraction of sp³-hybridized carbons (Fsp3) is 0.467. The molecule has 1 aromatic rings. The SMILES string of the molecule is C=CCCCN(C)CCCc1ccccc1N. The number of aryl methyl sites for hydroxylation is 1. The van der Waals surface area contributed by atoms with Crippen molar-refractivity contribution in [3.05, 3.63) is 42.5 Å². The third kappa shape index (κ3) is 5.55. The van der Waals surface area contributed by atoms with Crippen LogP contribution in [0.25, 0.3) is 0 Å². The van der Waals surface area contributed by atoms with Gasteiger partial charge in [-0.05, 0) is 57.5 Å². The molecule has 0 unspecified atom stereocenters. The van der Waals surface area contributed by atoms with Crippen molar-refractivity contribution in [3.8, 4) is 0 Å². The Morgan fingerprint density at radius 3 is 2.65 bits per heavy atom. The van der Waals surface area contributed by atoms with Gasteiger partial charge in [-0.3, -0.25) is 0 Å². The van der Waals surface area contributed by atoms with Gasteiger partial charge in [-0.15, -0.1) is 6.58 Å². The van der Waals surface area contributed by atoms with Gasteiger partial charge in [0.1, 0.15) is 0 Å².